The van der Waals surface area contributed by atoms with E-state index < -0.39 is 0 Å². The van der Waals surface area contributed by atoms with Crippen LogP contribution in [0.3, 0.4) is 0 Å². The van der Waals surface area contributed by atoms with Crippen molar-refractivity contribution in [3.05, 3.63) is 89.0 Å². The highest BCUT2D eigenvalue weighted by Gasteiger charge is 2.35. The number of rotatable bonds is 2. The Hall–Kier alpha value is -3.44. The lowest BCUT2D eigenvalue weighted by Gasteiger charge is -2.39. The molecule has 0 aromatic heterocycles. The summed E-state index contributed by atoms with van der Waals surface area (Å²) in [6.45, 7) is 3.13. The number of carbonyl (C=O) groups is 2. The average molecular weight is 438 g/mol. The van der Waals surface area contributed by atoms with Crippen LogP contribution in [-0.2, 0) is 11.2 Å². The molecule has 166 valence electrons. The molecule has 0 unspecified atom stereocenters. The minimum atomic E-state index is 0.0872. The van der Waals surface area contributed by atoms with Gasteiger partial charge in [-0.25, -0.2) is 0 Å². The van der Waals surface area contributed by atoms with Crippen LogP contribution in [0, 0.1) is 0 Å². The van der Waals surface area contributed by atoms with Crippen molar-refractivity contribution < 1.29 is 9.59 Å². The molecule has 0 atom stereocenters. The number of fused-ring (bicyclic) bond motifs is 4. The third-order valence-corrected chi connectivity index (χ3v) is 7.44. The van der Waals surface area contributed by atoms with Crippen LogP contribution in [0.1, 0.15) is 39.5 Å². The number of piperazine rings is 1. The van der Waals surface area contributed by atoms with Gasteiger partial charge in [-0.1, -0.05) is 48.5 Å². The second kappa shape index (κ2) is 7.85. The molecular formula is C28H27N3O2. The summed E-state index contributed by atoms with van der Waals surface area (Å²) >= 11 is 0. The van der Waals surface area contributed by atoms with Gasteiger partial charge in [0.25, 0.3) is 5.91 Å². The van der Waals surface area contributed by atoms with Crippen LogP contribution in [-0.4, -0.2) is 54.8 Å². The lowest BCUT2D eigenvalue weighted by molar-refractivity contribution is -0.118. The zero-order valence-electron chi connectivity index (χ0n) is 18.8. The first-order valence-corrected chi connectivity index (χ1v) is 11.7. The summed E-state index contributed by atoms with van der Waals surface area (Å²) in [5.74, 6) is 0.219. The van der Waals surface area contributed by atoms with E-state index in [1.165, 1.54) is 22.3 Å². The summed E-state index contributed by atoms with van der Waals surface area (Å²) in [4.78, 5) is 31.4. The van der Waals surface area contributed by atoms with Crippen molar-refractivity contribution >= 4 is 17.5 Å². The number of anilines is 1. The molecule has 0 spiro atoms. The first-order valence-electron chi connectivity index (χ1n) is 11.7. The summed E-state index contributed by atoms with van der Waals surface area (Å²) < 4.78 is 0. The Kier molecular flexibility index (Phi) is 4.80. The molecule has 2 aliphatic heterocycles. The minimum absolute atomic E-state index is 0.0872. The highest BCUT2D eigenvalue weighted by molar-refractivity contribution is 5.99. The Morgan fingerprint density at radius 3 is 2.12 bits per heavy atom. The molecule has 0 bridgehead atoms. The number of amides is 2. The lowest BCUT2D eigenvalue weighted by Crippen LogP contribution is -2.49. The predicted octanol–water partition coefficient (Wildman–Crippen LogP) is 4.12. The smallest absolute Gasteiger partial charge is 0.253 e. The van der Waals surface area contributed by atoms with Gasteiger partial charge in [0.15, 0.2) is 0 Å². The highest BCUT2D eigenvalue weighted by Crippen LogP contribution is 2.46. The maximum Gasteiger partial charge on any atom is 0.253 e. The van der Waals surface area contributed by atoms with Crippen LogP contribution in [0.25, 0.3) is 11.1 Å². The molecule has 1 fully saturated rings. The monoisotopic (exact) mass is 437 g/mol. The quantitative estimate of drug-likeness (QED) is 0.606. The zero-order valence-corrected chi connectivity index (χ0v) is 18.8. The van der Waals surface area contributed by atoms with Crippen LogP contribution in [0.2, 0.25) is 0 Å². The van der Waals surface area contributed by atoms with Gasteiger partial charge in [-0.2, -0.15) is 0 Å². The van der Waals surface area contributed by atoms with Gasteiger partial charge in [-0.15, -0.1) is 0 Å². The molecule has 6 rings (SSSR count). The molecule has 3 aromatic rings. The highest BCUT2D eigenvalue weighted by atomic mass is 16.2. The molecule has 3 aliphatic rings. The summed E-state index contributed by atoms with van der Waals surface area (Å²) in [7, 11) is 1.81. The molecule has 2 heterocycles. The van der Waals surface area contributed by atoms with Crippen LogP contribution >= 0.6 is 0 Å². The molecule has 0 radical (unpaired) electrons. The fourth-order valence-electron chi connectivity index (χ4n) is 5.68. The summed E-state index contributed by atoms with van der Waals surface area (Å²) in [6.07, 6.45) is 1.21. The topological polar surface area (TPSA) is 43.9 Å². The molecule has 5 heteroatoms. The minimum Gasteiger partial charge on any atom is -0.336 e. The summed E-state index contributed by atoms with van der Waals surface area (Å²) in [5.41, 5.74) is 8.12. The molecule has 2 amide bonds. The maximum atomic E-state index is 13.3. The van der Waals surface area contributed by atoms with Crippen molar-refractivity contribution in [1.29, 1.82) is 0 Å². The van der Waals surface area contributed by atoms with E-state index in [1.54, 1.807) is 11.9 Å². The van der Waals surface area contributed by atoms with Crippen molar-refractivity contribution in [2.24, 2.45) is 0 Å². The van der Waals surface area contributed by atoms with Gasteiger partial charge in [-0.3, -0.25) is 14.5 Å². The van der Waals surface area contributed by atoms with Gasteiger partial charge in [0.2, 0.25) is 5.91 Å². The standard InChI is InChI=1S/C28H27N3O2/c1-29-25-12-10-20(18-19(25)11-13-26(29)32)28(33)31-16-14-30(15-17-31)27-23-8-4-2-6-21(23)22-7-3-5-9-24(22)27/h2-10,12,18,27H,11,13-17H2,1H3. The number of hydrogen-bond acceptors (Lipinski definition) is 3. The fraction of sp³-hybridized carbons (Fsp3) is 0.286. The van der Waals surface area contributed by atoms with E-state index in [-0.39, 0.29) is 17.9 Å². The zero-order chi connectivity index (χ0) is 22.5. The normalized spacial score (nSPS) is 18.2. The maximum absolute atomic E-state index is 13.3. The van der Waals surface area contributed by atoms with Crippen molar-refractivity contribution in [3.8, 4) is 11.1 Å². The van der Waals surface area contributed by atoms with Crippen molar-refractivity contribution in [2.75, 3.05) is 38.1 Å². The first-order chi connectivity index (χ1) is 16.1. The van der Waals surface area contributed by atoms with E-state index in [4.69, 9.17) is 0 Å². The van der Waals surface area contributed by atoms with E-state index in [9.17, 15) is 9.59 Å². The van der Waals surface area contributed by atoms with E-state index in [0.29, 0.717) is 12.8 Å². The van der Waals surface area contributed by atoms with Crippen molar-refractivity contribution in [1.82, 2.24) is 9.80 Å². The molecule has 1 saturated heterocycles. The van der Waals surface area contributed by atoms with Crippen molar-refractivity contribution in [3.63, 3.8) is 0 Å². The summed E-state index contributed by atoms with van der Waals surface area (Å²) in [6, 6.07) is 23.4. The molecule has 0 saturated carbocycles. The Morgan fingerprint density at radius 1 is 0.818 bits per heavy atom. The number of benzene rings is 3. The van der Waals surface area contributed by atoms with Crippen LogP contribution in [0.15, 0.2) is 66.7 Å². The number of carbonyl (C=O) groups excluding carboxylic acids is 2. The largest absolute Gasteiger partial charge is 0.336 e. The second-order valence-electron chi connectivity index (χ2n) is 9.20. The number of nitrogens with zero attached hydrogens (tertiary/aromatic N) is 3. The SMILES string of the molecule is CN1C(=O)CCc2cc(C(=O)N3CCN(C4c5ccccc5-c5ccccc54)CC3)ccc21. The molecule has 33 heavy (non-hydrogen) atoms. The fourth-order valence-corrected chi connectivity index (χ4v) is 5.68. The van der Waals surface area contributed by atoms with Crippen LogP contribution in [0.4, 0.5) is 5.69 Å². The Labute approximate surface area is 194 Å². The third kappa shape index (κ3) is 3.26. The van der Waals surface area contributed by atoms with Gasteiger partial charge in [0, 0.05) is 50.9 Å². The van der Waals surface area contributed by atoms with E-state index >= 15 is 0 Å². The lowest BCUT2D eigenvalue weighted by atomic mass is 9.98. The molecule has 3 aromatic carbocycles. The van der Waals surface area contributed by atoms with E-state index in [0.717, 1.165) is 43.0 Å². The number of hydrogen-bond donors (Lipinski definition) is 0. The third-order valence-electron chi connectivity index (χ3n) is 7.44. The van der Waals surface area contributed by atoms with Crippen LogP contribution < -0.4 is 4.90 Å². The predicted molar refractivity (Wildman–Crippen MR) is 129 cm³/mol. The van der Waals surface area contributed by atoms with Gasteiger partial charge in [-0.05, 0) is 52.4 Å². The van der Waals surface area contributed by atoms with E-state index in [2.05, 4.69) is 53.4 Å². The van der Waals surface area contributed by atoms with Gasteiger partial charge in [0.05, 0.1) is 6.04 Å². The van der Waals surface area contributed by atoms with Crippen LogP contribution in [0.5, 0.6) is 0 Å². The van der Waals surface area contributed by atoms with E-state index in [1.807, 2.05) is 23.1 Å². The second-order valence-corrected chi connectivity index (χ2v) is 9.20. The summed E-state index contributed by atoms with van der Waals surface area (Å²) in [5, 5.41) is 0. The first kappa shape index (κ1) is 20.2. The molecule has 1 aliphatic carbocycles. The van der Waals surface area contributed by atoms with Crippen molar-refractivity contribution in [2.45, 2.75) is 18.9 Å². The average Bonchev–Trinajstić information content (AvgIpc) is 3.20. The molecule has 0 N–H and O–H groups in total. The van der Waals surface area contributed by atoms with Gasteiger partial charge >= 0.3 is 0 Å². The Morgan fingerprint density at radius 2 is 1.45 bits per heavy atom. The molecule has 5 nitrogen and oxygen atoms in total. The Bertz CT molecular complexity index is 1210. The molecular weight excluding hydrogens is 410 g/mol. The van der Waals surface area contributed by atoms with Gasteiger partial charge < -0.3 is 9.80 Å². The Balaban J connectivity index is 1.20. The van der Waals surface area contributed by atoms with Gasteiger partial charge in [0.1, 0.15) is 0 Å². The number of aryl methyl sites for hydroxylation is 1.